The predicted molar refractivity (Wildman–Crippen MR) is 118 cm³/mol. The average molecular weight is 425 g/mol. The zero-order valence-electron chi connectivity index (χ0n) is 16.8. The zero-order valence-corrected chi connectivity index (χ0v) is 17.7. The Morgan fingerprint density at radius 1 is 1.27 bits per heavy atom. The quantitative estimate of drug-likeness (QED) is 0.749. The first kappa shape index (κ1) is 19.3. The molecule has 0 aromatic heterocycles. The fraction of sp³-hybridized carbons (Fsp3) is 0.391. The van der Waals surface area contributed by atoms with Gasteiger partial charge in [-0.1, -0.05) is 0 Å². The Balaban J connectivity index is 1.65. The molecule has 2 atom stereocenters. The van der Waals surface area contributed by atoms with Gasteiger partial charge >= 0.3 is 6.09 Å². The number of anilines is 1. The maximum Gasteiger partial charge on any atom is 0.407 e. The van der Waals surface area contributed by atoms with Gasteiger partial charge in [-0.25, -0.2) is 4.79 Å². The van der Waals surface area contributed by atoms with Crippen LogP contribution in [0.5, 0.6) is 5.75 Å². The number of rotatable bonds is 3. The molecular weight excluding hydrogens is 400 g/mol. The summed E-state index contributed by atoms with van der Waals surface area (Å²) in [5, 5.41) is 9.55. The van der Waals surface area contributed by atoms with E-state index >= 15 is 0 Å². The van der Waals surface area contributed by atoms with Gasteiger partial charge in [0.15, 0.2) is 6.29 Å². The fourth-order valence-corrected chi connectivity index (χ4v) is 6.14. The van der Waals surface area contributed by atoms with Gasteiger partial charge in [0, 0.05) is 54.4 Å². The van der Waals surface area contributed by atoms with Crippen LogP contribution in [0.25, 0.3) is 11.1 Å². The normalized spacial score (nSPS) is 22.2. The summed E-state index contributed by atoms with van der Waals surface area (Å²) in [6.45, 7) is 2.12. The highest BCUT2D eigenvalue weighted by molar-refractivity contribution is 7.98. The molecule has 3 aliphatic rings. The molecule has 0 spiro atoms. The van der Waals surface area contributed by atoms with Gasteiger partial charge in [-0.15, -0.1) is 0 Å². The van der Waals surface area contributed by atoms with E-state index in [1.807, 2.05) is 23.9 Å². The summed E-state index contributed by atoms with van der Waals surface area (Å²) in [6, 6.07) is 10.3. The third kappa shape index (κ3) is 3.03. The van der Waals surface area contributed by atoms with E-state index in [1.54, 1.807) is 18.1 Å². The van der Waals surface area contributed by atoms with E-state index in [0.717, 1.165) is 41.9 Å². The minimum atomic E-state index is -0.842. The summed E-state index contributed by atoms with van der Waals surface area (Å²) in [6.07, 6.45) is 0.887. The number of likely N-dealkylation sites (tertiary alicyclic amines) is 1. The molecule has 1 fully saturated rings. The van der Waals surface area contributed by atoms with E-state index in [4.69, 9.17) is 4.74 Å². The number of amides is 1. The van der Waals surface area contributed by atoms with Crippen LogP contribution in [0, 0.1) is 0 Å². The fourth-order valence-electron chi connectivity index (χ4n) is 5.23. The average Bonchev–Trinajstić information content (AvgIpc) is 2.92. The van der Waals surface area contributed by atoms with Crippen molar-refractivity contribution in [1.29, 1.82) is 0 Å². The second-order valence-electron chi connectivity index (χ2n) is 8.08. The zero-order chi connectivity index (χ0) is 20.8. The largest absolute Gasteiger partial charge is 0.497 e. The van der Waals surface area contributed by atoms with Crippen LogP contribution in [-0.4, -0.2) is 60.9 Å². The lowest BCUT2D eigenvalue weighted by Gasteiger charge is -2.37. The maximum absolute atomic E-state index is 11.8. The first-order valence-electron chi connectivity index (χ1n) is 10.2. The molecule has 2 aromatic rings. The van der Waals surface area contributed by atoms with E-state index in [1.165, 1.54) is 16.8 Å². The lowest BCUT2D eigenvalue weighted by atomic mass is 9.86. The summed E-state index contributed by atoms with van der Waals surface area (Å²) in [4.78, 5) is 27.5. The molecule has 2 aromatic carbocycles. The van der Waals surface area contributed by atoms with Crippen molar-refractivity contribution in [1.82, 2.24) is 4.90 Å². The van der Waals surface area contributed by atoms with Gasteiger partial charge in [-0.3, -0.25) is 4.79 Å². The molecule has 3 aliphatic heterocycles. The number of fused-ring (bicyclic) bond motifs is 3. The van der Waals surface area contributed by atoms with Crippen LogP contribution < -0.4 is 9.64 Å². The number of hydrogen-bond donors (Lipinski definition) is 1. The monoisotopic (exact) mass is 424 g/mol. The predicted octanol–water partition coefficient (Wildman–Crippen LogP) is 4.08. The second kappa shape index (κ2) is 7.54. The number of carbonyl (C=O) groups excluding carboxylic acids is 1. The highest BCUT2D eigenvalue weighted by atomic mass is 32.2. The molecule has 1 amide bonds. The van der Waals surface area contributed by atoms with Crippen molar-refractivity contribution in [3.63, 3.8) is 0 Å². The minimum absolute atomic E-state index is 0.171. The number of aldehydes is 1. The summed E-state index contributed by atoms with van der Waals surface area (Å²) in [5.41, 5.74) is 6.32. The molecule has 6 nitrogen and oxygen atoms in total. The maximum atomic E-state index is 11.8. The van der Waals surface area contributed by atoms with Crippen LogP contribution in [0.2, 0.25) is 0 Å². The van der Waals surface area contributed by atoms with E-state index in [0.29, 0.717) is 30.4 Å². The Morgan fingerprint density at radius 2 is 2.13 bits per heavy atom. The molecule has 5 rings (SSSR count). The first-order chi connectivity index (χ1) is 14.6. The number of thioether (sulfide) groups is 1. The van der Waals surface area contributed by atoms with Gasteiger partial charge in [-0.2, -0.15) is 11.8 Å². The standard InChI is InChI=1S/C23H24N2O4S/c1-29-17-2-3-18(15(9-17)12-26)14-8-16-13-30-7-6-25-21-4-5-24(23(27)28)11-20(21)19(10-14)22(16)25/h2-3,8-10,12,20-21H,4-7,11,13H2,1H3,(H,27,28)/t20-,21-/m0/s1. The third-order valence-electron chi connectivity index (χ3n) is 6.58. The molecule has 7 heteroatoms. The Labute approximate surface area is 179 Å². The van der Waals surface area contributed by atoms with Crippen LogP contribution in [0.15, 0.2) is 30.3 Å². The van der Waals surface area contributed by atoms with Crippen molar-refractivity contribution in [2.24, 2.45) is 0 Å². The molecule has 1 saturated heterocycles. The Hall–Kier alpha value is -2.67. The smallest absolute Gasteiger partial charge is 0.407 e. The molecule has 0 unspecified atom stereocenters. The topological polar surface area (TPSA) is 70.1 Å². The number of ether oxygens (including phenoxy) is 1. The molecule has 0 radical (unpaired) electrons. The van der Waals surface area contributed by atoms with Gasteiger partial charge in [0.25, 0.3) is 0 Å². The Kier molecular flexibility index (Phi) is 4.85. The molecule has 30 heavy (non-hydrogen) atoms. The van der Waals surface area contributed by atoms with Crippen molar-refractivity contribution >= 4 is 29.8 Å². The minimum Gasteiger partial charge on any atom is -0.497 e. The van der Waals surface area contributed by atoms with Crippen LogP contribution >= 0.6 is 11.8 Å². The molecule has 0 aliphatic carbocycles. The van der Waals surface area contributed by atoms with E-state index in [9.17, 15) is 14.7 Å². The SMILES string of the molecule is COc1ccc(-c2cc3c4c(c2)[C@@H]2CN(C(=O)O)CC[C@@H]2N4CCSC3)c(C=O)c1. The van der Waals surface area contributed by atoms with Gasteiger partial charge < -0.3 is 19.6 Å². The number of benzene rings is 2. The number of piperidine rings is 1. The first-order valence-corrected chi connectivity index (χ1v) is 11.4. The molecule has 1 N–H and O–H groups in total. The van der Waals surface area contributed by atoms with E-state index in [2.05, 4.69) is 17.0 Å². The van der Waals surface area contributed by atoms with Crippen molar-refractivity contribution in [2.45, 2.75) is 24.1 Å². The number of carboxylic acid groups (broad SMARTS) is 1. The Bertz CT molecular complexity index is 1020. The number of methoxy groups -OCH3 is 1. The molecule has 156 valence electrons. The number of nitrogens with zero attached hydrogens (tertiary/aromatic N) is 2. The van der Waals surface area contributed by atoms with Crippen LogP contribution in [0.4, 0.5) is 10.5 Å². The van der Waals surface area contributed by atoms with Gasteiger partial charge in [0.2, 0.25) is 0 Å². The third-order valence-corrected chi connectivity index (χ3v) is 7.57. The highest BCUT2D eigenvalue weighted by Gasteiger charge is 2.44. The molecule has 0 bridgehead atoms. The van der Waals surface area contributed by atoms with Crippen LogP contribution in [0.3, 0.4) is 0 Å². The summed E-state index contributed by atoms with van der Waals surface area (Å²) >= 11 is 1.93. The van der Waals surface area contributed by atoms with Crippen molar-refractivity contribution in [3.05, 3.63) is 47.0 Å². The van der Waals surface area contributed by atoms with E-state index in [-0.39, 0.29) is 5.92 Å². The Morgan fingerprint density at radius 3 is 2.90 bits per heavy atom. The number of hydrogen-bond acceptors (Lipinski definition) is 5. The lowest BCUT2D eigenvalue weighted by Crippen LogP contribution is -2.48. The van der Waals surface area contributed by atoms with E-state index < -0.39 is 6.09 Å². The second-order valence-corrected chi connectivity index (χ2v) is 9.19. The summed E-state index contributed by atoms with van der Waals surface area (Å²) in [5.74, 6) is 2.83. The number of carbonyl (C=O) groups is 2. The van der Waals surface area contributed by atoms with Gasteiger partial charge in [-0.05, 0) is 59.0 Å². The van der Waals surface area contributed by atoms with Crippen molar-refractivity contribution in [2.75, 3.05) is 37.4 Å². The van der Waals surface area contributed by atoms with Crippen molar-refractivity contribution in [3.8, 4) is 16.9 Å². The molecule has 3 heterocycles. The lowest BCUT2D eigenvalue weighted by molar-refractivity contribution is 0.112. The molecular formula is C23H24N2O4S. The highest BCUT2D eigenvalue weighted by Crippen LogP contribution is 2.50. The molecule has 0 saturated carbocycles. The summed E-state index contributed by atoms with van der Waals surface area (Å²) < 4.78 is 5.28. The summed E-state index contributed by atoms with van der Waals surface area (Å²) in [7, 11) is 1.59. The van der Waals surface area contributed by atoms with Gasteiger partial charge in [0.1, 0.15) is 5.75 Å². The van der Waals surface area contributed by atoms with Crippen LogP contribution in [-0.2, 0) is 5.75 Å². The van der Waals surface area contributed by atoms with Crippen LogP contribution in [0.1, 0.15) is 33.8 Å². The van der Waals surface area contributed by atoms with Gasteiger partial charge in [0.05, 0.1) is 7.11 Å². The van der Waals surface area contributed by atoms with Crippen molar-refractivity contribution < 1.29 is 19.4 Å².